The molecule has 3 rings (SSSR count). The van der Waals surface area contributed by atoms with Crippen molar-refractivity contribution in [1.29, 1.82) is 0 Å². The predicted molar refractivity (Wildman–Crippen MR) is 134 cm³/mol. The summed E-state index contributed by atoms with van der Waals surface area (Å²) in [6.07, 6.45) is 2.49. The quantitative estimate of drug-likeness (QED) is 0.255. The Hall–Kier alpha value is -2.75. The molecule has 0 amide bonds. The Morgan fingerprint density at radius 2 is 1.77 bits per heavy atom. The van der Waals surface area contributed by atoms with E-state index in [1.54, 1.807) is 27.5 Å². The Bertz CT molecular complexity index is 987. The zero-order chi connectivity index (χ0) is 21.3. The van der Waals surface area contributed by atoms with Gasteiger partial charge in [-0.3, -0.25) is 4.99 Å². The van der Waals surface area contributed by atoms with E-state index in [2.05, 4.69) is 27.5 Å². The highest BCUT2D eigenvalue weighted by Gasteiger charge is 2.08. The molecule has 2 N–H and O–H groups in total. The van der Waals surface area contributed by atoms with Gasteiger partial charge in [-0.15, -0.1) is 24.0 Å². The maximum absolute atomic E-state index is 5.60. The van der Waals surface area contributed by atoms with Crippen molar-refractivity contribution in [3.63, 3.8) is 0 Å². The van der Waals surface area contributed by atoms with Gasteiger partial charge >= 0.3 is 0 Å². The first kappa shape index (κ1) is 24.5. The maximum Gasteiger partial charge on any atom is 0.226 e. The first-order chi connectivity index (χ1) is 14.6. The highest BCUT2D eigenvalue weighted by atomic mass is 127. The van der Waals surface area contributed by atoms with E-state index in [9.17, 15) is 0 Å². The summed E-state index contributed by atoms with van der Waals surface area (Å²) in [5, 5.41) is 6.57. The second kappa shape index (κ2) is 12.2. The standard InChI is InChI=1S/C23H28N4O3.HI/c1-16-5-8-18(9-6-16)22-27-19(15-30-22)14-26-23(24-2)25-12-11-17-7-10-20(28-3)21(13-17)29-4;/h5-10,13,15H,11-12,14H2,1-4H3,(H2,24,25,26);1H. The van der Waals surface area contributed by atoms with E-state index < -0.39 is 0 Å². The number of guanidine groups is 1. The monoisotopic (exact) mass is 536 g/mol. The summed E-state index contributed by atoms with van der Waals surface area (Å²) in [5.41, 5.74) is 4.13. The predicted octanol–water partition coefficient (Wildman–Crippen LogP) is 4.19. The smallest absolute Gasteiger partial charge is 0.226 e. The van der Waals surface area contributed by atoms with Gasteiger partial charge in [-0.25, -0.2) is 4.98 Å². The molecular formula is C23H29IN4O3. The SMILES string of the molecule is CN=C(NCCc1ccc(OC)c(OC)c1)NCc1coc(-c2ccc(C)cc2)n1.I. The Morgan fingerprint density at radius 3 is 2.45 bits per heavy atom. The summed E-state index contributed by atoms with van der Waals surface area (Å²) >= 11 is 0. The van der Waals surface area contributed by atoms with Crippen LogP contribution in [0.4, 0.5) is 0 Å². The number of benzene rings is 2. The van der Waals surface area contributed by atoms with Crippen LogP contribution >= 0.6 is 24.0 Å². The molecule has 0 aliphatic rings. The van der Waals surface area contributed by atoms with Crippen LogP contribution in [-0.2, 0) is 13.0 Å². The Kier molecular flexibility index (Phi) is 9.64. The minimum Gasteiger partial charge on any atom is -0.493 e. The van der Waals surface area contributed by atoms with Gasteiger partial charge in [-0.2, -0.15) is 0 Å². The summed E-state index contributed by atoms with van der Waals surface area (Å²) in [6.45, 7) is 3.30. The number of methoxy groups -OCH3 is 2. The number of hydrogen-bond acceptors (Lipinski definition) is 5. The van der Waals surface area contributed by atoms with Crippen molar-refractivity contribution in [2.75, 3.05) is 27.8 Å². The summed E-state index contributed by atoms with van der Waals surface area (Å²) in [4.78, 5) is 8.80. The molecule has 0 unspecified atom stereocenters. The summed E-state index contributed by atoms with van der Waals surface area (Å²) in [5.74, 6) is 2.77. The fourth-order valence-electron chi connectivity index (χ4n) is 2.97. The number of aryl methyl sites for hydroxylation is 1. The molecule has 0 radical (unpaired) electrons. The molecule has 0 saturated heterocycles. The third kappa shape index (κ3) is 6.88. The molecule has 166 valence electrons. The molecule has 0 fully saturated rings. The minimum absolute atomic E-state index is 0. The summed E-state index contributed by atoms with van der Waals surface area (Å²) in [6, 6.07) is 14.0. The third-order valence-electron chi connectivity index (χ3n) is 4.66. The van der Waals surface area contributed by atoms with E-state index in [1.165, 1.54) is 5.56 Å². The molecule has 0 bridgehead atoms. The van der Waals surface area contributed by atoms with Gasteiger partial charge in [-0.1, -0.05) is 23.8 Å². The molecule has 0 saturated carbocycles. The lowest BCUT2D eigenvalue weighted by Gasteiger charge is -2.12. The average Bonchev–Trinajstić information content (AvgIpc) is 3.25. The Balaban J connectivity index is 0.00000341. The molecule has 1 heterocycles. The molecule has 0 aliphatic carbocycles. The molecule has 2 aromatic carbocycles. The third-order valence-corrected chi connectivity index (χ3v) is 4.66. The summed E-state index contributed by atoms with van der Waals surface area (Å²) < 4.78 is 16.2. The van der Waals surface area contributed by atoms with Gasteiger partial charge < -0.3 is 24.5 Å². The van der Waals surface area contributed by atoms with Gasteiger partial charge in [0.15, 0.2) is 17.5 Å². The van der Waals surface area contributed by atoms with Gasteiger partial charge in [-0.05, 0) is 43.2 Å². The van der Waals surface area contributed by atoms with Crippen LogP contribution in [0.5, 0.6) is 11.5 Å². The van der Waals surface area contributed by atoms with Crippen LogP contribution in [0.15, 0.2) is 58.1 Å². The number of hydrogen-bond donors (Lipinski definition) is 2. The van der Waals surface area contributed by atoms with Gasteiger partial charge in [0.1, 0.15) is 6.26 Å². The normalized spacial score (nSPS) is 10.9. The van der Waals surface area contributed by atoms with Crippen molar-refractivity contribution in [3.05, 3.63) is 65.5 Å². The fraction of sp³-hybridized carbons (Fsp3) is 0.304. The number of aromatic nitrogens is 1. The van der Waals surface area contributed by atoms with E-state index in [4.69, 9.17) is 13.9 Å². The van der Waals surface area contributed by atoms with Crippen LogP contribution in [0.2, 0.25) is 0 Å². The number of rotatable bonds is 8. The van der Waals surface area contributed by atoms with E-state index >= 15 is 0 Å². The van der Waals surface area contributed by atoms with E-state index in [1.807, 2.05) is 42.5 Å². The van der Waals surface area contributed by atoms with Gasteiger partial charge in [0.25, 0.3) is 0 Å². The zero-order valence-electron chi connectivity index (χ0n) is 18.3. The Labute approximate surface area is 200 Å². The van der Waals surface area contributed by atoms with Crippen LogP contribution in [-0.4, -0.2) is 38.8 Å². The molecule has 0 atom stereocenters. The maximum atomic E-state index is 5.60. The van der Waals surface area contributed by atoms with Crippen molar-refractivity contribution in [2.24, 2.45) is 4.99 Å². The highest BCUT2D eigenvalue weighted by Crippen LogP contribution is 2.27. The number of oxazole rings is 1. The molecule has 31 heavy (non-hydrogen) atoms. The number of ether oxygens (including phenoxy) is 2. The minimum atomic E-state index is 0. The molecule has 7 nitrogen and oxygen atoms in total. The van der Waals surface area contributed by atoms with Gasteiger partial charge in [0.05, 0.1) is 26.5 Å². The van der Waals surface area contributed by atoms with Crippen LogP contribution < -0.4 is 20.1 Å². The van der Waals surface area contributed by atoms with E-state index in [0.29, 0.717) is 18.4 Å². The van der Waals surface area contributed by atoms with Crippen molar-refractivity contribution < 1.29 is 13.9 Å². The second-order valence-electron chi connectivity index (χ2n) is 6.80. The molecule has 0 spiro atoms. The lowest BCUT2D eigenvalue weighted by molar-refractivity contribution is 0.354. The first-order valence-corrected chi connectivity index (χ1v) is 9.79. The van der Waals surface area contributed by atoms with Gasteiger partial charge in [0.2, 0.25) is 5.89 Å². The van der Waals surface area contributed by atoms with Crippen LogP contribution in [0, 0.1) is 6.92 Å². The molecular weight excluding hydrogens is 507 g/mol. The topological polar surface area (TPSA) is 80.9 Å². The van der Waals surface area contributed by atoms with Crippen molar-refractivity contribution >= 4 is 29.9 Å². The molecule has 8 heteroatoms. The summed E-state index contributed by atoms with van der Waals surface area (Å²) in [7, 11) is 5.01. The van der Waals surface area contributed by atoms with Crippen molar-refractivity contribution in [2.45, 2.75) is 19.9 Å². The largest absolute Gasteiger partial charge is 0.493 e. The van der Waals surface area contributed by atoms with Gasteiger partial charge in [0, 0.05) is 19.2 Å². The number of nitrogens with zero attached hydrogens (tertiary/aromatic N) is 2. The van der Waals surface area contributed by atoms with Crippen LogP contribution in [0.1, 0.15) is 16.8 Å². The molecule has 3 aromatic rings. The van der Waals surface area contributed by atoms with E-state index in [-0.39, 0.29) is 24.0 Å². The zero-order valence-corrected chi connectivity index (χ0v) is 20.6. The molecule has 0 aliphatic heterocycles. The van der Waals surface area contributed by atoms with Crippen LogP contribution in [0.3, 0.4) is 0 Å². The molecule has 1 aromatic heterocycles. The second-order valence-corrected chi connectivity index (χ2v) is 6.80. The highest BCUT2D eigenvalue weighted by molar-refractivity contribution is 14.0. The lowest BCUT2D eigenvalue weighted by atomic mass is 10.1. The van der Waals surface area contributed by atoms with Crippen LogP contribution in [0.25, 0.3) is 11.5 Å². The van der Waals surface area contributed by atoms with Crippen molar-refractivity contribution in [1.82, 2.24) is 15.6 Å². The fourth-order valence-corrected chi connectivity index (χ4v) is 2.97. The number of aliphatic imine (C=N–C) groups is 1. The Morgan fingerprint density at radius 1 is 1.03 bits per heavy atom. The van der Waals surface area contributed by atoms with Crippen molar-refractivity contribution in [3.8, 4) is 23.0 Å². The number of nitrogens with one attached hydrogen (secondary N) is 2. The lowest BCUT2D eigenvalue weighted by Crippen LogP contribution is -2.37. The van der Waals surface area contributed by atoms with E-state index in [0.717, 1.165) is 41.3 Å². The average molecular weight is 536 g/mol. The number of halogens is 1. The first-order valence-electron chi connectivity index (χ1n) is 9.79.